The van der Waals surface area contributed by atoms with E-state index >= 15 is 0 Å². The number of H-pyrrole nitrogens is 1. The molecule has 0 bridgehead atoms. The molecule has 0 amide bonds. The molecule has 1 aliphatic carbocycles. The minimum absolute atomic E-state index is 0.0433. The summed E-state index contributed by atoms with van der Waals surface area (Å²) in [6.07, 6.45) is 6.17. The smallest absolute Gasteiger partial charge is 0.223 e. The number of fused-ring (bicyclic) bond motifs is 2. The molecule has 0 saturated carbocycles. The Hall–Kier alpha value is -3.17. The minimum Gasteiger partial charge on any atom is -0.370 e. The van der Waals surface area contributed by atoms with Crippen LogP contribution in [-0.4, -0.2) is 56.0 Å². The van der Waals surface area contributed by atoms with Crippen LogP contribution < -0.4 is 10.6 Å². The van der Waals surface area contributed by atoms with Crippen LogP contribution in [0.25, 0.3) is 0 Å². The SMILES string of the molecule is C[C@@H](OCCc1cn[nH]n1)C(=O)C1Cc2cnc(NC3Cc4ccccc4C3)nc2CN1. The first-order valence-corrected chi connectivity index (χ1v) is 11.1. The van der Waals surface area contributed by atoms with E-state index in [1.165, 1.54) is 11.1 Å². The standard InChI is InChI=1S/C23H27N7O2/c1-14(32-7-6-18-12-26-30-29-18)22(31)20-10-17-11-25-23(28-21(17)13-24-20)27-19-8-15-4-2-3-5-16(15)9-19/h2-5,11-12,14,19-20,24H,6-10,13H2,1H3,(H,25,27,28)(H,26,29,30)/t14-,20?/m1/s1. The van der Waals surface area contributed by atoms with Crippen molar-refractivity contribution in [3.63, 3.8) is 0 Å². The van der Waals surface area contributed by atoms with Crippen molar-refractivity contribution in [3.8, 4) is 0 Å². The van der Waals surface area contributed by atoms with E-state index in [0.29, 0.717) is 38.0 Å². The molecule has 3 heterocycles. The Morgan fingerprint density at radius 2 is 2.00 bits per heavy atom. The van der Waals surface area contributed by atoms with Gasteiger partial charge in [0.1, 0.15) is 6.10 Å². The number of Topliss-reactive ketones (excluding diaryl/α,β-unsaturated/α-hetero) is 1. The third-order valence-corrected chi connectivity index (χ3v) is 6.21. The first kappa shape index (κ1) is 20.7. The Balaban J connectivity index is 1.14. The predicted molar refractivity (Wildman–Crippen MR) is 118 cm³/mol. The van der Waals surface area contributed by atoms with E-state index in [-0.39, 0.29) is 11.8 Å². The number of rotatable bonds is 8. The van der Waals surface area contributed by atoms with E-state index in [2.05, 4.69) is 55.3 Å². The monoisotopic (exact) mass is 433 g/mol. The minimum atomic E-state index is -0.494. The highest BCUT2D eigenvalue weighted by Crippen LogP contribution is 2.24. The molecule has 0 radical (unpaired) electrons. The van der Waals surface area contributed by atoms with Crippen molar-refractivity contribution in [2.45, 2.75) is 57.3 Å². The highest BCUT2D eigenvalue weighted by atomic mass is 16.5. The predicted octanol–water partition coefficient (Wildman–Crippen LogP) is 1.41. The Kier molecular flexibility index (Phi) is 5.91. The van der Waals surface area contributed by atoms with Gasteiger partial charge in [0.2, 0.25) is 5.95 Å². The number of aromatic amines is 1. The number of nitrogens with zero attached hydrogens (tertiary/aromatic N) is 4. The lowest BCUT2D eigenvalue weighted by atomic mass is 9.96. The summed E-state index contributed by atoms with van der Waals surface area (Å²) in [6.45, 7) is 2.76. The van der Waals surface area contributed by atoms with E-state index in [9.17, 15) is 4.79 Å². The Morgan fingerprint density at radius 3 is 2.75 bits per heavy atom. The molecule has 0 saturated heterocycles. The van der Waals surface area contributed by atoms with E-state index < -0.39 is 6.10 Å². The van der Waals surface area contributed by atoms with Crippen LogP contribution >= 0.6 is 0 Å². The second-order valence-corrected chi connectivity index (χ2v) is 8.45. The van der Waals surface area contributed by atoms with Crippen LogP contribution in [-0.2, 0) is 41.8 Å². The van der Waals surface area contributed by atoms with Crippen LogP contribution in [0.3, 0.4) is 0 Å². The number of ketones is 1. The zero-order valence-corrected chi connectivity index (χ0v) is 18.0. The second kappa shape index (κ2) is 9.13. The lowest BCUT2D eigenvalue weighted by Crippen LogP contribution is -2.46. The Morgan fingerprint density at radius 1 is 1.19 bits per heavy atom. The first-order chi connectivity index (χ1) is 15.7. The third-order valence-electron chi connectivity index (χ3n) is 6.21. The molecule has 5 rings (SSSR count). The summed E-state index contributed by atoms with van der Waals surface area (Å²) in [7, 11) is 0. The molecule has 0 spiro atoms. The summed E-state index contributed by atoms with van der Waals surface area (Å²) in [5.74, 6) is 0.694. The van der Waals surface area contributed by atoms with Gasteiger partial charge in [-0.05, 0) is 42.9 Å². The average Bonchev–Trinajstić information content (AvgIpc) is 3.47. The van der Waals surface area contributed by atoms with E-state index in [1.54, 1.807) is 13.1 Å². The van der Waals surface area contributed by atoms with Crippen molar-refractivity contribution in [2.24, 2.45) is 0 Å². The largest absolute Gasteiger partial charge is 0.370 e. The van der Waals surface area contributed by atoms with Gasteiger partial charge >= 0.3 is 0 Å². The van der Waals surface area contributed by atoms with E-state index in [1.807, 2.05) is 6.20 Å². The van der Waals surface area contributed by atoms with Gasteiger partial charge in [-0.1, -0.05) is 24.3 Å². The molecule has 2 aromatic heterocycles. The fraction of sp³-hybridized carbons (Fsp3) is 0.435. The van der Waals surface area contributed by atoms with Gasteiger partial charge in [-0.25, -0.2) is 9.97 Å². The van der Waals surface area contributed by atoms with Gasteiger partial charge in [-0.3, -0.25) is 4.79 Å². The lowest BCUT2D eigenvalue weighted by Gasteiger charge is -2.26. The van der Waals surface area contributed by atoms with Crippen molar-refractivity contribution in [1.29, 1.82) is 0 Å². The maximum atomic E-state index is 12.8. The zero-order chi connectivity index (χ0) is 21.9. The van der Waals surface area contributed by atoms with Gasteiger partial charge in [-0.2, -0.15) is 15.4 Å². The quantitative estimate of drug-likeness (QED) is 0.488. The van der Waals surface area contributed by atoms with Crippen molar-refractivity contribution in [1.82, 2.24) is 30.7 Å². The molecule has 1 aromatic carbocycles. The maximum absolute atomic E-state index is 12.8. The normalized spacial score (nSPS) is 18.7. The van der Waals surface area contributed by atoms with Crippen molar-refractivity contribution in [3.05, 3.63) is 64.7 Å². The van der Waals surface area contributed by atoms with Gasteiger partial charge in [-0.15, -0.1) is 0 Å². The maximum Gasteiger partial charge on any atom is 0.223 e. The van der Waals surface area contributed by atoms with E-state index in [0.717, 1.165) is 29.8 Å². The van der Waals surface area contributed by atoms with Crippen LogP contribution in [0.5, 0.6) is 0 Å². The van der Waals surface area contributed by atoms with Gasteiger partial charge in [0.25, 0.3) is 0 Å². The molecule has 3 N–H and O–H groups in total. The first-order valence-electron chi connectivity index (χ1n) is 11.1. The fourth-order valence-electron chi connectivity index (χ4n) is 4.44. The van der Waals surface area contributed by atoms with Crippen LogP contribution in [0.1, 0.15) is 35.0 Å². The highest BCUT2D eigenvalue weighted by Gasteiger charge is 2.29. The summed E-state index contributed by atoms with van der Waals surface area (Å²) in [5.41, 5.74) is 5.56. The lowest BCUT2D eigenvalue weighted by molar-refractivity contribution is -0.131. The molecule has 3 aromatic rings. The molecule has 2 aliphatic rings. The summed E-state index contributed by atoms with van der Waals surface area (Å²) < 4.78 is 5.73. The van der Waals surface area contributed by atoms with Crippen LogP contribution in [0.15, 0.2) is 36.7 Å². The third kappa shape index (κ3) is 4.53. The number of anilines is 1. The molecule has 1 unspecified atom stereocenters. The second-order valence-electron chi connectivity index (χ2n) is 8.45. The molecule has 1 aliphatic heterocycles. The van der Waals surface area contributed by atoms with E-state index in [4.69, 9.17) is 9.72 Å². The van der Waals surface area contributed by atoms with Crippen molar-refractivity contribution >= 4 is 11.7 Å². The fourth-order valence-corrected chi connectivity index (χ4v) is 4.44. The van der Waals surface area contributed by atoms with Gasteiger partial charge in [0.05, 0.1) is 30.2 Å². The topological polar surface area (TPSA) is 118 Å². The Labute approximate surface area is 186 Å². The number of hydrogen-bond donors (Lipinski definition) is 3. The number of hydrogen-bond acceptors (Lipinski definition) is 8. The van der Waals surface area contributed by atoms with Crippen LogP contribution in [0.2, 0.25) is 0 Å². The zero-order valence-electron chi connectivity index (χ0n) is 18.0. The number of carbonyl (C=O) groups excluding carboxylic acids is 1. The number of ether oxygens (including phenoxy) is 1. The molecule has 2 atom stereocenters. The van der Waals surface area contributed by atoms with Gasteiger partial charge in [0.15, 0.2) is 5.78 Å². The number of carbonyl (C=O) groups is 1. The molecular formula is C23H27N7O2. The molecule has 166 valence electrons. The molecule has 9 nitrogen and oxygen atoms in total. The Bertz CT molecular complexity index is 1060. The summed E-state index contributed by atoms with van der Waals surface area (Å²) in [6, 6.07) is 8.56. The van der Waals surface area contributed by atoms with Gasteiger partial charge < -0.3 is 15.4 Å². The number of nitrogens with one attached hydrogen (secondary N) is 3. The summed E-state index contributed by atoms with van der Waals surface area (Å²) in [4.78, 5) is 22.1. The molecular weight excluding hydrogens is 406 g/mol. The van der Waals surface area contributed by atoms with Gasteiger partial charge in [0, 0.05) is 25.2 Å². The summed E-state index contributed by atoms with van der Waals surface area (Å²) >= 11 is 0. The number of aromatic nitrogens is 5. The molecule has 9 heteroatoms. The summed E-state index contributed by atoms with van der Waals surface area (Å²) in [5, 5.41) is 17.1. The van der Waals surface area contributed by atoms with Crippen molar-refractivity contribution < 1.29 is 9.53 Å². The van der Waals surface area contributed by atoms with Crippen molar-refractivity contribution in [2.75, 3.05) is 11.9 Å². The number of benzene rings is 1. The molecule has 0 fully saturated rings. The average molecular weight is 434 g/mol. The van der Waals surface area contributed by atoms with Crippen LogP contribution in [0, 0.1) is 0 Å². The molecule has 32 heavy (non-hydrogen) atoms. The highest BCUT2D eigenvalue weighted by molar-refractivity contribution is 5.88. The van der Waals surface area contributed by atoms with Crippen LogP contribution in [0.4, 0.5) is 5.95 Å².